The van der Waals surface area contributed by atoms with Crippen molar-refractivity contribution in [3.63, 3.8) is 0 Å². The van der Waals surface area contributed by atoms with Crippen molar-refractivity contribution in [3.05, 3.63) is 60.0 Å². The average molecular weight is 239 g/mol. The van der Waals surface area contributed by atoms with E-state index in [1.807, 2.05) is 50.5 Å². The van der Waals surface area contributed by atoms with Gasteiger partial charge in [-0.05, 0) is 30.2 Å². The standard InChI is InChI=1S/C16H14FN/c1-11-10-18(2)16-14(11)8-13(17)9-15(16)12-6-4-3-5-7-12/h3-10H,1-2H3. The van der Waals surface area contributed by atoms with Gasteiger partial charge in [0.25, 0.3) is 0 Å². The lowest BCUT2D eigenvalue weighted by molar-refractivity contribution is 0.630. The molecule has 0 saturated carbocycles. The number of nitrogens with zero attached hydrogens (tertiary/aromatic N) is 1. The van der Waals surface area contributed by atoms with E-state index in [2.05, 4.69) is 4.57 Å². The van der Waals surface area contributed by atoms with Gasteiger partial charge in [-0.2, -0.15) is 0 Å². The highest BCUT2D eigenvalue weighted by atomic mass is 19.1. The molecule has 1 aromatic heterocycles. The lowest BCUT2D eigenvalue weighted by atomic mass is 10.0. The molecule has 18 heavy (non-hydrogen) atoms. The van der Waals surface area contributed by atoms with E-state index in [0.717, 1.165) is 27.6 Å². The molecule has 90 valence electrons. The van der Waals surface area contributed by atoms with Crippen molar-refractivity contribution < 1.29 is 4.39 Å². The summed E-state index contributed by atoms with van der Waals surface area (Å²) >= 11 is 0. The molecule has 0 amide bonds. The molecule has 0 fully saturated rings. The molecule has 3 aromatic rings. The van der Waals surface area contributed by atoms with Crippen LogP contribution in [0.1, 0.15) is 5.56 Å². The highest BCUT2D eigenvalue weighted by Gasteiger charge is 2.11. The molecule has 0 radical (unpaired) electrons. The first-order valence-corrected chi connectivity index (χ1v) is 5.97. The fourth-order valence-corrected chi connectivity index (χ4v) is 2.54. The lowest BCUT2D eigenvalue weighted by Gasteiger charge is -2.07. The predicted octanol–water partition coefficient (Wildman–Crippen LogP) is 4.29. The topological polar surface area (TPSA) is 4.93 Å². The van der Waals surface area contributed by atoms with Crippen molar-refractivity contribution in [2.75, 3.05) is 0 Å². The third-order valence-electron chi connectivity index (χ3n) is 3.32. The Morgan fingerprint density at radius 3 is 2.50 bits per heavy atom. The molecule has 1 heterocycles. The fraction of sp³-hybridized carbons (Fsp3) is 0.125. The zero-order valence-corrected chi connectivity index (χ0v) is 10.4. The SMILES string of the molecule is Cc1cn(C)c2c(-c3ccccc3)cc(F)cc12. The molecular weight excluding hydrogens is 225 g/mol. The Hall–Kier alpha value is -2.09. The van der Waals surface area contributed by atoms with E-state index in [-0.39, 0.29) is 5.82 Å². The fourth-order valence-electron chi connectivity index (χ4n) is 2.54. The molecule has 0 unspecified atom stereocenters. The van der Waals surface area contributed by atoms with Gasteiger partial charge < -0.3 is 4.57 Å². The Bertz CT molecular complexity index is 711. The van der Waals surface area contributed by atoms with Gasteiger partial charge in [-0.15, -0.1) is 0 Å². The Kier molecular flexibility index (Phi) is 2.44. The Balaban J connectivity index is 2.42. The van der Waals surface area contributed by atoms with Crippen molar-refractivity contribution in [2.24, 2.45) is 7.05 Å². The van der Waals surface area contributed by atoms with Crippen LogP contribution < -0.4 is 0 Å². The molecule has 0 aliphatic heterocycles. The molecule has 2 heteroatoms. The lowest BCUT2D eigenvalue weighted by Crippen LogP contribution is -1.89. The summed E-state index contributed by atoms with van der Waals surface area (Å²) in [5.74, 6) is -0.185. The van der Waals surface area contributed by atoms with Crippen LogP contribution >= 0.6 is 0 Å². The molecule has 0 bridgehead atoms. The monoisotopic (exact) mass is 239 g/mol. The zero-order chi connectivity index (χ0) is 12.7. The smallest absolute Gasteiger partial charge is 0.124 e. The van der Waals surface area contributed by atoms with Crippen LogP contribution in [-0.2, 0) is 7.05 Å². The average Bonchev–Trinajstić information content (AvgIpc) is 2.65. The number of fused-ring (bicyclic) bond motifs is 1. The summed E-state index contributed by atoms with van der Waals surface area (Å²) in [6.07, 6.45) is 2.04. The van der Waals surface area contributed by atoms with Crippen LogP contribution in [0.25, 0.3) is 22.0 Å². The number of hydrogen-bond donors (Lipinski definition) is 0. The Morgan fingerprint density at radius 1 is 1.06 bits per heavy atom. The number of rotatable bonds is 1. The van der Waals surface area contributed by atoms with E-state index in [1.165, 1.54) is 0 Å². The molecule has 3 rings (SSSR count). The van der Waals surface area contributed by atoms with Gasteiger partial charge in [0, 0.05) is 24.2 Å². The number of hydrogen-bond acceptors (Lipinski definition) is 0. The highest BCUT2D eigenvalue weighted by molar-refractivity contribution is 5.96. The minimum absolute atomic E-state index is 0.185. The molecule has 0 spiro atoms. The summed E-state index contributed by atoms with van der Waals surface area (Å²) in [6, 6.07) is 13.2. The minimum atomic E-state index is -0.185. The molecule has 0 saturated heterocycles. The van der Waals surface area contributed by atoms with Gasteiger partial charge in [0.2, 0.25) is 0 Å². The van der Waals surface area contributed by atoms with Crippen LogP contribution in [0, 0.1) is 12.7 Å². The summed E-state index contributed by atoms with van der Waals surface area (Å²) in [5.41, 5.74) is 4.17. The summed E-state index contributed by atoms with van der Waals surface area (Å²) in [7, 11) is 2.00. The van der Waals surface area contributed by atoms with Gasteiger partial charge in [-0.1, -0.05) is 30.3 Å². The maximum Gasteiger partial charge on any atom is 0.124 e. The first-order valence-electron chi connectivity index (χ1n) is 5.97. The van der Waals surface area contributed by atoms with E-state index in [4.69, 9.17) is 0 Å². The molecular formula is C16H14FN. The van der Waals surface area contributed by atoms with Crippen LogP contribution in [-0.4, -0.2) is 4.57 Å². The van der Waals surface area contributed by atoms with E-state index < -0.39 is 0 Å². The summed E-state index contributed by atoms with van der Waals surface area (Å²) < 4.78 is 15.8. The molecule has 2 aromatic carbocycles. The van der Waals surface area contributed by atoms with Crippen LogP contribution in [0.5, 0.6) is 0 Å². The largest absolute Gasteiger partial charge is 0.350 e. The second-order valence-corrected chi connectivity index (χ2v) is 4.64. The highest BCUT2D eigenvalue weighted by Crippen LogP contribution is 2.32. The maximum absolute atomic E-state index is 13.8. The van der Waals surface area contributed by atoms with Gasteiger partial charge in [-0.25, -0.2) is 4.39 Å². The van der Waals surface area contributed by atoms with Gasteiger partial charge in [0.05, 0.1) is 5.52 Å². The van der Waals surface area contributed by atoms with Crippen LogP contribution in [0.4, 0.5) is 4.39 Å². The van der Waals surface area contributed by atoms with Gasteiger partial charge in [0.1, 0.15) is 5.82 Å². The van der Waals surface area contributed by atoms with Gasteiger partial charge in [-0.3, -0.25) is 0 Å². The van der Waals surface area contributed by atoms with Gasteiger partial charge in [0.15, 0.2) is 0 Å². The first-order chi connectivity index (χ1) is 8.66. The third kappa shape index (κ3) is 1.61. The van der Waals surface area contributed by atoms with Crippen molar-refractivity contribution in [1.29, 1.82) is 0 Å². The Morgan fingerprint density at radius 2 is 1.78 bits per heavy atom. The summed E-state index contributed by atoms with van der Waals surface area (Å²) in [4.78, 5) is 0. The number of benzene rings is 2. The van der Waals surface area contributed by atoms with Gasteiger partial charge >= 0.3 is 0 Å². The molecule has 0 aliphatic carbocycles. The zero-order valence-electron chi connectivity index (χ0n) is 10.4. The number of halogens is 1. The summed E-state index contributed by atoms with van der Waals surface area (Å²) in [6.45, 7) is 2.01. The normalized spacial score (nSPS) is 11.1. The second-order valence-electron chi connectivity index (χ2n) is 4.64. The van der Waals surface area contributed by atoms with Crippen LogP contribution in [0.3, 0.4) is 0 Å². The molecule has 0 N–H and O–H groups in total. The summed E-state index contributed by atoms with van der Waals surface area (Å²) in [5, 5.41) is 0.983. The second kappa shape index (κ2) is 3.98. The Labute approximate surface area is 105 Å². The quantitative estimate of drug-likeness (QED) is 0.597. The van der Waals surface area contributed by atoms with E-state index in [9.17, 15) is 4.39 Å². The number of aromatic nitrogens is 1. The van der Waals surface area contributed by atoms with Crippen LogP contribution in [0.2, 0.25) is 0 Å². The molecule has 0 aliphatic rings. The van der Waals surface area contributed by atoms with Crippen molar-refractivity contribution in [1.82, 2.24) is 4.57 Å². The third-order valence-corrected chi connectivity index (χ3v) is 3.32. The van der Waals surface area contributed by atoms with Crippen molar-refractivity contribution in [2.45, 2.75) is 6.92 Å². The predicted molar refractivity (Wildman–Crippen MR) is 73.1 cm³/mol. The van der Waals surface area contributed by atoms with Crippen molar-refractivity contribution in [3.8, 4) is 11.1 Å². The number of aryl methyl sites for hydroxylation is 2. The van der Waals surface area contributed by atoms with E-state index >= 15 is 0 Å². The van der Waals surface area contributed by atoms with E-state index in [0.29, 0.717) is 0 Å². The molecule has 0 atom stereocenters. The van der Waals surface area contributed by atoms with Crippen LogP contribution in [0.15, 0.2) is 48.7 Å². The minimum Gasteiger partial charge on any atom is -0.350 e. The first kappa shape index (κ1) is 11.0. The van der Waals surface area contributed by atoms with E-state index in [1.54, 1.807) is 12.1 Å². The maximum atomic E-state index is 13.8. The molecule has 1 nitrogen and oxygen atoms in total. The van der Waals surface area contributed by atoms with Crippen molar-refractivity contribution >= 4 is 10.9 Å².